The third-order valence-electron chi connectivity index (χ3n) is 2.01. The van der Waals surface area contributed by atoms with Crippen molar-refractivity contribution in [1.29, 1.82) is 0 Å². The van der Waals surface area contributed by atoms with Gasteiger partial charge in [-0.05, 0) is 18.6 Å². The second-order valence-corrected chi connectivity index (χ2v) is 5.04. The molecule has 8 nitrogen and oxygen atoms in total. The van der Waals surface area contributed by atoms with E-state index in [2.05, 4.69) is 0 Å². The average Bonchev–Trinajstić information content (AvgIpc) is 2.24. The van der Waals surface area contributed by atoms with Gasteiger partial charge in [0.2, 0.25) is 0 Å². The van der Waals surface area contributed by atoms with E-state index in [9.17, 15) is 18.5 Å². The molecule has 0 aromatic heterocycles. The highest BCUT2D eigenvalue weighted by atomic mass is 32.2. The molecule has 0 saturated heterocycles. The van der Waals surface area contributed by atoms with E-state index in [1.165, 1.54) is 12.1 Å². The highest BCUT2D eigenvalue weighted by molar-refractivity contribution is 7.85. The minimum absolute atomic E-state index is 0.0147. The molecule has 0 heterocycles. The summed E-state index contributed by atoms with van der Waals surface area (Å²) in [5, 5.41) is 10.6. The van der Waals surface area contributed by atoms with Crippen LogP contribution in [0.15, 0.2) is 18.2 Å². The summed E-state index contributed by atoms with van der Waals surface area (Å²) in [5.41, 5.74) is 5.14. The van der Waals surface area contributed by atoms with Crippen LogP contribution in [0.2, 0.25) is 0 Å². The summed E-state index contributed by atoms with van der Waals surface area (Å²) in [7, 11) is -4.02. The van der Waals surface area contributed by atoms with Crippen molar-refractivity contribution in [2.75, 3.05) is 18.1 Å². The summed E-state index contributed by atoms with van der Waals surface area (Å²) in [4.78, 5) is 9.95. The lowest BCUT2D eigenvalue weighted by molar-refractivity contribution is -0.384. The Morgan fingerprint density at radius 2 is 2.11 bits per heavy atom. The highest BCUT2D eigenvalue weighted by Gasteiger charge is 2.12. The Bertz CT molecular complexity index is 542. The van der Waals surface area contributed by atoms with Crippen LogP contribution in [0.5, 0.6) is 5.75 Å². The number of hydrogen-bond acceptors (Lipinski definition) is 6. The minimum Gasteiger partial charge on any atom is -0.493 e. The zero-order chi connectivity index (χ0) is 13.8. The molecular formula is C9H12N2O6S. The molecule has 0 aliphatic heterocycles. The van der Waals surface area contributed by atoms with Gasteiger partial charge < -0.3 is 10.5 Å². The summed E-state index contributed by atoms with van der Waals surface area (Å²) in [5.74, 6) is -0.212. The van der Waals surface area contributed by atoms with E-state index >= 15 is 0 Å². The number of benzene rings is 1. The zero-order valence-electron chi connectivity index (χ0n) is 9.27. The molecular weight excluding hydrogens is 264 g/mol. The van der Waals surface area contributed by atoms with E-state index in [0.717, 1.165) is 6.07 Å². The van der Waals surface area contributed by atoms with Gasteiger partial charge in [0, 0.05) is 0 Å². The molecule has 0 aliphatic rings. The molecule has 100 valence electrons. The summed E-state index contributed by atoms with van der Waals surface area (Å²) in [6.07, 6.45) is 0.0804. The second-order valence-electron chi connectivity index (χ2n) is 3.47. The van der Waals surface area contributed by atoms with Crippen molar-refractivity contribution in [3.05, 3.63) is 28.3 Å². The van der Waals surface area contributed by atoms with Crippen LogP contribution < -0.4 is 10.5 Å². The van der Waals surface area contributed by atoms with E-state index in [1.807, 2.05) is 0 Å². The minimum atomic E-state index is -4.02. The molecule has 0 amide bonds. The zero-order valence-corrected chi connectivity index (χ0v) is 10.1. The van der Waals surface area contributed by atoms with Crippen LogP contribution in [0.1, 0.15) is 6.42 Å². The van der Waals surface area contributed by atoms with Gasteiger partial charge in [0.15, 0.2) is 0 Å². The predicted octanol–water partition coefficient (Wildman–Crippen LogP) is 0.834. The number of anilines is 1. The van der Waals surface area contributed by atoms with Crippen LogP contribution in [0, 0.1) is 10.1 Å². The van der Waals surface area contributed by atoms with Gasteiger partial charge in [-0.3, -0.25) is 14.7 Å². The number of hydrogen-bond donors (Lipinski definition) is 2. The molecule has 0 bridgehead atoms. The Labute approximate surface area is 103 Å². The summed E-state index contributed by atoms with van der Waals surface area (Å²) in [6, 6.07) is 3.93. The van der Waals surface area contributed by atoms with Gasteiger partial charge in [-0.2, -0.15) is 8.42 Å². The van der Waals surface area contributed by atoms with Crippen molar-refractivity contribution in [3.63, 3.8) is 0 Å². The van der Waals surface area contributed by atoms with Crippen LogP contribution in [0.25, 0.3) is 0 Å². The number of nitrogens with zero attached hydrogens (tertiary/aromatic N) is 1. The topological polar surface area (TPSA) is 133 Å². The first-order chi connectivity index (χ1) is 8.29. The molecule has 3 N–H and O–H groups in total. The van der Waals surface area contributed by atoms with Gasteiger partial charge in [-0.15, -0.1) is 0 Å². The first-order valence-corrected chi connectivity index (χ1v) is 6.52. The maximum atomic E-state index is 10.6. The number of nitro benzene ring substituents is 1. The molecule has 0 fully saturated rings. The monoisotopic (exact) mass is 276 g/mol. The normalized spacial score (nSPS) is 11.2. The lowest BCUT2D eigenvalue weighted by Gasteiger charge is -2.06. The lowest BCUT2D eigenvalue weighted by Crippen LogP contribution is -2.08. The van der Waals surface area contributed by atoms with Gasteiger partial charge in [0.1, 0.15) is 11.4 Å². The molecule has 9 heteroatoms. The molecule has 1 aromatic carbocycles. The molecule has 0 radical (unpaired) electrons. The quantitative estimate of drug-likeness (QED) is 0.258. The van der Waals surface area contributed by atoms with E-state index in [0.29, 0.717) is 0 Å². The fraction of sp³-hybridized carbons (Fsp3) is 0.333. The van der Waals surface area contributed by atoms with Gasteiger partial charge in [0.25, 0.3) is 15.8 Å². The Morgan fingerprint density at radius 3 is 2.67 bits per heavy atom. The smallest absolute Gasteiger partial charge is 0.295 e. The predicted molar refractivity (Wildman–Crippen MR) is 64.0 cm³/mol. The highest BCUT2D eigenvalue weighted by Crippen LogP contribution is 2.26. The first kappa shape index (κ1) is 14.2. The second kappa shape index (κ2) is 5.65. The van der Waals surface area contributed by atoms with E-state index in [1.54, 1.807) is 0 Å². The number of nitrogen functional groups attached to an aromatic ring is 1. The van der Waals surface area contributed by atoms with E-state index in [4.69, 9.17) is 15.0 Å². The number of nitro groups is 1. The molecule has 0 aliphatic carbocycles. The van der Waals surface area contributed by atoms with Gasteiger partial charge >= 0.3 is 0 Å². The maximum Gasteiger partial charge on any atom is 0.295 e. The Kier molecular flexibility index (Phi) is 4.45. The van der Waals surface area contributed by atoms with E-state index in [-0.39, 0.29) is 30.2 Å². The first-order valence-electron chi connectivity index (χ1n) is 4.91. The fourth-order valence-corrected chi connectivity index (χ4v) is 1.69. The Morgan fingerprint density at radius 1 is 1.44 bits per heavy atom. The Balaban J connectivity index is 2.58. The number of rotatable bonds is 6. The van der Waals surface area contributed by atoms with Crippen molar-refractivity contribution in [1.82, 2.24) is 0 Å². The number of nitrogens with two attached hydrogens (primary N) is 1. The average molecular weight is 276 g/mol. The standard InChI is InChI=1S/C9H12N2O6S/c10-8-3-2-7(6-9(8)11(12)13)17-4-1-5-18(14,15)16/h2-3,6H,1,4-5,10H2,(H,14,15,16). The third-order valence-corrected chi connectivity index (χ3v) is 2.82. The van der Waals surface area contributed by atoms with E-state index < -0.39 is 20.8 Å². The molecule has 1 rings (SSSR count). The van der Waals surface area contributed by atoms with Gasteiger partial charge in [-0.25, -0.2) is 0 Å². The molecule has 1 aromatic rings. The van der Waals surface area contributed by atoms with Crippen LogP contribution in [0.4, 0.5) is 11.4 Å². The summed E-state index contributed by atoms with van der Waals surface area (Å²) < 4.78 is 34.4. The van der Waals surface area contributed by atoms with Crippen molar-refractivity contribution in [2.24, 2.45) is 0 Å². The van der Waals surface area contributed by atoms with Crippen molar-refractivity contribution < 1.29 is 22.6 Å². The molecule has 0 saturated carbocycles. The van der Waals surface area contributed by atoms with Crippen molar-refractivity contribution >= 4 is 21.5 Å². The third kappa shape index (κ3) is 4.55. The van der Waals surface area contributed by atoms with Gasteiger partial charge in [-0.1, -0.05) is 0 Å². The van der Waals surface area contributed by atoms with Gasteiger partial charge in [0.05, 0.1) is 23.3 Å². The lowest BCUT2D eigenvalue weighted by atomic mass is 10.2. The molecule has 0 unspecified atom stereocenters. The summed E-state index contributed by atoms with van der Waals surface area (Å²) >= 11 is 0. The molecule has 0 atom stereocenters. The Hall–Kier alpha value is -1.87. The maximum absolute atomic E-state index is 10.6. The van der Waals surface area contributed by atoms with Crippen LogP contribution in [-0.2, 0) is 10.1 Å². The van der Waals surface area contributed by atoms with Crippen molar-refractivity contribution in [3.8, 4) is 5.75 Å². The van der Waals surface area contributed by atoms with Crippen LogP contribution in [0.3, 0.4) is 0 Å². The van der Waals surface area contributed by atoms with Crippen molar-refractivity contribution in [2.45, 2.75) is 6.42 Å². The largest absolute Gasteiger partial charge is 0.493 e. The molecule has 0 spiro atoms. The van der Waals surface area contributed by atoms with Crippen LogP contribution in [-0.4, -0.2) is 30.3 Å². The SMILES string of the molecule is Nc1ccc(OCCCS(=O)(=O)O)cc1[N+](=O)[O-]. The fourth-order valence-electron chi connectivity index (χ4n) is 1.20. The number of ether oxygens (including phenoxy) is 1. The van der Waals surface area contributed by atoms with Crippen LogP contribution >= 0.6 is 0 Å². The summed E-state index contributed by atoms with van der Waals surface area (Å²) in [6.45, 7) is 0.0147. The molecule has 18 heavy (non-hydrogen) atoms.